The zero-order valence-electron chi connectivity index (χ0n) is 16.3. The minimum Gasteiger partial charge on any atom is -0.358 e. The van der Waals surface area contributed by atoms with Gasteiger partial charge in [0.05, 0.1) is 22.6 Å². The highest BCUT2D eigenvalue weighted by Crippen LogP contribution is 2.32. The molecule has 0 unspecified atom stereocenters. The number of para-hydroxylation sites is 1. The molecule has 144 valence electrons. The molecule has 1 heterocycles. The second-order valence-electron chi connectivity index (χ2n) is 6.70. The van der Waals surface area contributed by atoms with E-state index in [0.29, 0.717) is 16.7 Å². The molecule has 0 radical (unpaired) electrons. The lowest BCUT2D eigenvalue weighted by molar-refractivity contribution is -0.113. The Kier molecular flexibility index (Phi) is 5.31. The second kappa shape index (κ2) is 8.38. The van der Waals surface area contributed by atoms with Gasteiger partial charge in [0, 0.05) is 17.3 Å². The fourth-order valence-corrected chi connectivity index (χ4v) is 3.15. The van der Waals surface area contributed by atoms with Gasteiger partial charge in [0.2, 0.25) is 0 Å². The van der Waals surface area contributed by atoms with Crippen LogP contribution in [0.25, 0.3) is 33.5 Å². The summed E-state index contributed by atoms with van der Waals surface area (Å²) >= 11 is 0. The van der Waals surface area contributed by atoms with Gasteiger partial charge >= 0.3 is 0 Å². The number of carbonyl (C=O) groups excluding carboxylic acids is 1. The molecule has 1 N–H and O–H groups in total. The van der Waals surface area contributed by atoms with Gasteiger partial charge in [-0.3, -0.25) is 4.79 Å². The van der Waals surface area contributed by atoms with Crippen molar-refractivity contribution >= 4 is 22.5 Å². The quantitative estimate of drug-likeness (QED) is 0.366. The maximum Gasteiger partial charge on any atom is 0.171 e. The molecular weight excluding hydrogens is 372 g/mol. The molecule has 0 bridgehead atoms. The minimum absolute atomic E-state index is 0.0455. The number of allylic oxidation sites excluding steroid dienone is 1. The third-order valence-corrected chi connectivity index (χ3v) is 4.66. The number of nitrogens with one attached hydrogen (secondary N) is 1. The molecule has 5 heteroatoms. The number of carbonyl (C=O) groups is 1. The van der Waals surface area contributed by atoms with E-state index in [1.54, 1.807) is 0 Å². The van der Waals surface area contributed by atoms with Gasteiger partial charge in [-0.25, -0.2) is 9.97 Å². The summed E-state index contributed by atoms with van der Waals surface area (Å²) < 4.78 is 0. The summed E-state index contributed by atoms with van der Waals surface area (Å²) in [6, 6.07) is 27.4. The Hall–Kier alpha value is -4.30. The van der Waals surface area contributed by atoms with Crippen LogP contribution in [-0.2, 0) is 4.79 Å². The number of nitriles is 1. The van der Waals surface area contributed by atoms with Gasteiger partial charge in [-0.05, 0) is 19.1 Å². The lowest BCUT2D eigenvalue weighted by Gasteiger charge is -2.13. The van der Waals surface area contributed by atoms with E-state index in [0.717, 1.165) is 22.5 Å². The van der Waals surface area contributed by atoms with E-state index < -0.39 is 0 Å². The van der Waals surface area contributed by atoms with Crippen molar-refractivity contribution in [2.24, 2.45) is 0 Å². The molecule has 4 aromatic rings. The van der Waals surface area contributed by atoms with Crippen molar-refractivity contribution < 1.29 is 4.79 Å². The van der Waals surface area contributed by atoms with Crippen LogP contribution in [0, 0.1) is 11.3 Å². The minimum atomic E-state index is -0.298. The molecule has 0 spiro atoms. The van der Waals surface area contributed by atoms with Crippen molar-refractivity contribution in [3.63, 3.8) is 0 Å². The molecular formula is C25H18N4O. The molecule has 1 aromatic heterocycles. The Bertz CT molecular complexity index is 1290. The molecule has 0 atom stereocenters. The molecule has 0 aliphatic carbocycles. The van der Waals surface area contributed by atoms with Crippen LogP contribution in [0.15, 0.2) is 90.6 Å². The lowest BCUT2D eigenvalue weighted by Crippen LogP contribution is -2.01. The van der Waals surface area contributed by atoms with Crippen molar-refractivity contribution in [2.45, 2.75) is 6.92 Å². The Labute approximate surface area is 174 Å². The van der Waals surface area contributed by atoms with Crippen LogP contribution in [0.3, 0.4) is 0 Å². The lowest BCUT2D eigenvalue weighted by atomic mass is 10.0. The monoisotopic (exact) mass is 390 g/mol. The second-order valence-corrected chi connectivity index (χ2v) is 6.70. The largest absolute Gasteiger partial charge is 0.358 e. The molecule has 0 amide bonds. The Morgan fingerprint density at radius 3 is 2.03 bits per heavy atom. The smallest absolute Gasteiger partial charge is 0.171 e. The molecule has 0 aliphatic heterocycles. The summed E-state index contributed by atoms with van der Waals surface area (Å²) in [5.41, 5.74) is 5.59. The average molecular weight is 390 g/mol. The number of hydrogen-bond acceptors (Lipinski definition) is 5. The van der Waals surface area contributed by atoms with Crippen LogP contribution < -0.4 is 5.32 Å². The first-order valence-corrected chi connectivity index (χ1v) is 9.46. The van der Waals surface area contributed by atoms with E-state index >= 15 is 0 Å². The molecule has 5 nitrogen and oxygen atoms in total. The molecule has 0 saturated heterocycles. The number of anilines is 1. The summed E-state index contributed by atoms with van der Waals surface area (Å²) in [7, 11) is 0. The number of aromatic nitrogens is 2. The van der Waals surface area contributed by atoms with Crippen LogP contribution in [0.4, 0.5) is 5.69 Å². The average Bonchev–Trinajstić information content (AvgIpc) is 2.79. The van der Waals surface area contributed by atoms with E-state index in [9.17, 15) is 4.79 Å². The van der Waals surface area contributed by atoms with Crippen LogP contribution in [0.2, 0.25) is 0 Å². The van der Waals surface area contributed by atoms with E-state index in [1.807, 2.05) is 84.9 Å². The highest BCUT2D eigenvalue weighted by atomic mass is 16.1. The summed E-state index contributed by atoms with van der Waals surface area (Å²) in [5, 5.41) is 12.2. The summed E-state index contributed by atoms with van der Waals surface area (Å²) in [6.45, 7) is 1.36. The Balaban J connectivity index is 1.93. The van der Waals surface area contributed by atoms with Crippen molar-refractivity contribution in [3.8, 4) is 28.6 Å². The summed E-state index contributed by atoms with van der Waals surface area (Å²) in [4.78, 5) is 21.4. The number of benzene rings is 3. The van der Waals surface area contributed by atoms with Gasteiger partial charge in [-0.2, -0.15) is 5.26 Å². The number of ketones is 1. The highest BCUT2D eigenvalue weighted by Gasteiger charge is 2.14. The van der Waals surface area contributed by atoms with Crippen molar-refractivity contribution in [1.29, 1.82) is 5.26 Å². The van der Waals surface area contributed by atoms with E-state index in [-0.39, 0.29) is 11.4 Å². The van der Waals surface area contributed by atoms with Gasteiger partial charge in [0.15, 0.2) is 5.78 Å². The fourth-order valence-electron chi connectivity index (χ4n) is 3.15. The van der Waals surface area contributed by atoms with Gasteiger partial charge in [0.25, 0.3) is 0 Å². The molecule has 0 saturated carbocycles. The predicted molar refractivity (Wildman–Crippen MR) is 118 cm³/mol. The van der Waals surface area contributed by atoms with Gasteiger partial charge in [-0.15, -0.1) is 0 Å². The highest BCUT2D eigenvalue weighted by molar-refractivity contribution is 5.98. The van der Waals surface area contributed by atoms with Crippen LogP contribution in [-0.4, -0.2) is 15.8 Å². The zero-order valence-corrected chi connectivity index (χ0v) is 16.3. The van der Waals surface area contributed by atoms with Crippen molar-refractivity contribution in [1.82, 2.24) is 9.97 Å². The molecule has 30 heavy (non-hydrogen) atoms. The van der Waals surface area contributed by atoms with Gasteiger partial charge in [-0.1, -0.05) is 66.7 Å². The van der Waals surface area contributed by atoms with Gasteiger partial charge < -0.3 is 5.32 Å². The first kappa shape index (κ1) is 19.0. The van der Waals surface area contributed by atoms with Crippen LogP contribution in [0.5, 0.6) is 0 Å². The molecule has 0 aliphatic rings. The SMILES string of the molecule is CC(=O)/C(C#N)=C\Nc1cccc2nc(-c3ccccc3)c(-c3ccccc3)nc12. The fraction of sp³-hybridized carbons (Fsp3) is 0.0400. The number of fused-ring (bicyclic) bond motifs is 1. The van der Waals surface area contributed by atoms with Gasteiger partial charge in [0.1, 0.15) is 17.2 Å². The molecule has 0 fully saturated rings. The first-order chi connectivity index (χ1) is 14.7. The normalized spacial score (nSPS) is 11.1. The summed E-state index contributed by atoms with van der Waals surface area (Å²) in [5.74, 6) is -0.298. The summed E-state index contributed by atoms with van der Waals surface area (Å²) in [6.07, 6.45) is 1.41. The van der Waals surface area contributed by atoms with E-state index in [4.69, 9.17) is 15.2 Å². The maximum absolute atomic E-state index is 11.5. The third kappa shape index (κ3) is 3.80. The van der Waals surface area contributed by atoms with E-state index in [1.165, 1.54) is 13.1 Å². The number of rotatable bonds is 5. The zero-order chi connectivity index (χ0) is 20.9. The first-order valence-electron chi connectivity index (χ1n) is 9.46. The third-order valence-electron chi connectivity index (χ3n) is 4.66. The Morgan fingerprint density at radius 2 is 1.47 bits per heavy atom. The number of hydrogen-bond donors (Lipinski definition) is 1. The molecule has 3 aromatic carbocycles. The van der Waals surface area contributed by atoms with Crippen LogP contribution >= 0.6 is 0 Å². The molecule has 4 rings (SSSR count). The Morgan fingerprint density at radius 1 is 0.867 bits per heavy atom. The maximum atomic E-state index is 11.5. The van der Waals surface area contributed by atoms with E-state index in [2.05, 4.69) is 5.32 Å². The van der Waals surface area contributed by atoms with Crippen molar-refractivity contribution in [3.05, 3.63) is 90.6 Å². The standard InChI is InChI=1S/C25H18N4O/c1-17(30)20(15-26)16-27-21-13-8-14-22-25(21)29-24(19-11-6-3-7-12-19)23(28-22)18-9-4-2-5-10-18/h2-14,16,27H,1H3/b20-16-. The number of Topliss-reactive ketones (excluding diaryl/α,β-unsaturated/α-hetero) is 1. The topological polar surface area (TPSA) is 78.7 Å². The predicted octanol–water partition coefficient (Wildman–Crippen LogP) is 5.37. The number of nitrogens with zero attached hydrogens (tertiary/aromatic N) is 3. The van der Waals surface area contributed by atoms with Crippen molar-refractivity contribution in [2.75, 3.05) is 5.32 Å². The van der Waals surface area contributed by atoms with Crippen LogP contribution in [0.1, 0.15) is 6.92 Å².